The van der Waals surface area contributed by atoms with Crippen molar-refractivity contribution in [1.29, 1.82) is 0 Å². The number of ether oxygens (including phenoxy) is 1. The molecule has 0 saturated heterocycles. The van der Waals surface area contributed by atoms with Gasteiger partial charge in [-0.15, -0.1) is 11.3 Å². The van der Waals surface area contributed by atoms with E-state index in [-0.39, 0.29) is 5.91 Å². The van der Waals surface area contributed by atoms with Gasteiger partial charge >= 0.3 is 0 Å². The van der Waals surface area contributed by atoms with E-state index in [1.165, 1.54) is 11.3 Å². The molecule has 6 heteroatoms. The maximum Gasteiger partial charge on any atom is 0.275 e. The molecule has 128 valence electrons. The van der Waals surface area contributed by atoms with Gasteiger partial charge in [-0.3, -0.25) is 4.79 Å². The largest absolute Gasteiger partial charge is 0.497 e. The fourth-order valence-corrected chi connectivity index (χ4v) is 3.21. The molecule has 1 aromatic heterocycles. The van der Waals surface area contributed by atoms with Gasteiger partial charge in [-0.05, 0) is 36.4 Å². The Morgan fingerprint density at radius 1 is 1.12 bits per heavy atom. The highest BCUT2D eigenvalue weighted by atomic mass is 32.1. The van der Waals surface area contributed by atoms with Gasteiger partial charge in [0.05, 0.1) is 18.5 Å². The third-order valence-corrected chi connectivity index (χ3v) is 4.60. The summed E-state index contributed by atoms with van der Waals surface area (Å²) in [5.41, 5.74) is 3.07. The van der Waals surface area contributed by atoms with E-state index in [1.54, 1.807) is 12.5 Å². The Balaban J connectivity index is 1.79. The topological polar surface area (TPSA) is 54.5 Å². The summed E-state index contributed by atoms with van der Waals surface area (Å²) < 4.78 is 5.16. The Hall–Kier alpha value is -2.86. The molecule has 2 aromatic carbocycles. The molecule has 0 bridgehead atoms. The Kier molecular flexibility index (Phi) is 5.00. The summed E-state index contributed by atoms with van der Waals surface area (Å²) in [6.45, 7) is 0. The number of aromatic nitrogens is 1. The number of thiazole rings is 1. The first-order chi connectivity index (χ1) is 12.1. The lowest BCUT2D eigenvalue weighted by molar-refractivity contribution is 0.102. The number of nitrogens with one attached hydrogen (secondary N) is 1. The highest BCUT2D eigenvalue weighted by Gasteiger charge is 2.14. The molecule has 0 unspecified atom stereocenters. The molecule has 5 nitrogen and oxygen atoms in total. The maximum atomic E-state index is 12.5. The van der Waals surface area contributed by atoms with Crippen molar-refractivity contribution in [2.45, 2.75) is 0 Å². The highest BCUT2D eigenvalue weighted by molar-refractivity contribution is 7.13. The van der Waals surface area contributed by atoms with Gasteiger partial charge in [0.25, 0.3) is 5.91 Å². The number of rotatable bonds is 5. The SMILES string of the molecule is COc1ccc(-c2nc(C(=O)Nc3ccccc3N(C)C)cs2)cc1. The predicted octanol–water partition coefficient (Wildman–Crippen LogP) is 4.14. The lowest BCUT2D eigenvalue weighted by Gasteiger charge is -2.17. The van der Waals surface area contributed by atoms with Crippen LogP contribution < -0.4 is 15.0 Å². The molecule has 3 rings (SSSR count). The molecular formula is C19H19N3O2S. The number of carbonyl (C=O) groups is 1. The van der Waals surface area contributed by atoms with Crippen molar-refractivity contribution in [2.24, 2.45) is 0 Å². The Labute approximate surface area is 150 Å². The average molecular weight is 353 g/mol. The maximum absolute atomic E-state index is 12.5. The number of para-hydroxylation sites is 2. The second kappa shape index (κ2) is 7.36. The van der Waals surface area contributed by atoms with Gasteiger partial charge < -0.3 is 15.0 Å². The van der Waals surface area contributed by atoms with Crippen molar-refractivity contribution in [1.82, 2.24) is 4.98 Å². The minimum Gasteiger partial charge on any atom is -0.497 e. The van der Waals surface area contributed by atoms with Crippen LogP contribution in [-0.4, -0.2) is 32.1 Å². The number of anilines is 2. The van der Waals surface area contributed by atoms with Crippen molar-refractivity contribution in [3.05, 3.63) is 59.6 Å². The predicted molar refractivity (Wildman–Crippen MR) is 103 cm³/mol. The summed E-state index contributed by atoms with van der Waals surface area (Å²) in [5.74, 6) is 0.573. The van der Waals surface area contributed by atoms with Gasteiger partial charge in [0.2, 0.25) is 0 Å². The van der Waals surface area contributed by atoms with Crippen LogP contribution in [-0.2, 0) is 0 Å². The van der Waals surface area contributed by atoms with Crippen LogP contribution in [0.5, 0.6) is 5.75 Å². The molecule has 0 fully saturated rings. The Bertz CT molecular complexity index is 872. The summed E-state index contributed by atoms with van der Waals surface area (Å²) in [5, 5.41) is 5.51. The van der Waals surface area contributed by atoms with Crippen LogP contribution >= 0.6 is 11.3 Å². The first-order valence-electron chi connectivity index (χ1n) is 7.76. The molecule has 0 radical (unpaired) electrons. The first-order valence-corrected chi connectivity index (χ1v) is 8.64. The number of benzene rings is 2. The summed E-state index contributed by atoms with van der Waals surface area (Å²) in [4.78, 5) is 18.9. The van der Waals surface area contributed by atoms with E-state index in [9.17, 15) is 4.79 Å². The second-order valence-electron chi connectivity index (χ2n) is 5.63. The zero-order valence-electron chi connectivity index (χ0n) is 14.3. The lowest BCUT2D eigenvalue weighted by Crippen LogP contribution is -2.16. The molecule has 1 heterocycles. The van der Waals surface area contributed by atoms with Crippen molar-refractivity contribution in [3.8, 4) is 16.3 Å². The monoisotopic (exact) mass is 353 g/mol. The normalized spacial score (nSPS) is 10.4. The van der Waals surface area contributed by atoms with Crippen molar-refractivity contribution >= 4 is 28.6 Å². The Morgan fingerprint density at radius 2 is 1.84 bits per heavy atom. The summed E-state index contributed by atoms with van der Waals surface area (Å²) >= 11 is 1.44. The summed E-state index contributed by atoms with van der Waals surface area (Å²) in [6, 6.07) is 15.3. The van der Waals surface area contributed by atoms with Crippen molar-refractivity contribution < 1.29 is 9.53 Å². The first kappa shape index (κ1) is 17.0. The van der Waals surface area contributed by atoms with E-state index >= 15 is 0 Å². The number of hydrogen-bond acceptors (Lipinski definition) is 5. The third-order valence-electron chi connectivity index (χ3n) is 3.71. The molecule has 1 amide bonds. The van der Waals surface area contributed by atoms with Gasteiger partial charge in [0.1, 0.15) is 16.5 Å². The average Bonchev–Trinajstić information content (AvgIpc) is 3.12. The van der Waals surface area contributed by atoms with E-state index in [4.69, 9.17) is 4.74 Å². The van der Waals surface area contributed by atoms with Gasteiger partial charge in [-0.25, -0.2) is 4.98 Å². The molecule has 0 aliphatic rings. The molecule has 1 N–H and O–H groups in total. The van der Waals surface area contributed by atoms with Gasteiger partial charge in [0.15, 0.2) is 0 Å². The van der Waals surface area contributed by atoms with Crippen LogP contribution in [0.15, 0.2) is 53.9 Å². The summed E-state index contributed by atoms with van der Waals surface area (Å²) in [6.07, 6.45) is 0. The number of hydrogen-bond donors (Lipinski definition) is 1. The highest BCUT2D eigenvalue weighted by Crippen LogP contribution is 2.27. The van der Waals surface area contributed by atoms with Crippen LogP contribution in [0.25, 0.3) is 10.6 Å². The summed E-state index contributed by atoms with van der Waals surface area (Å²) in [7, 11) is 5.51. The number of carbonyl (C=O) groups excluding carboxylic acids is 1. The minimum absolute atomic E-state index is 0.217. The number of amides is 1. The van der Waals surface area contributed by atoms with E-state index in [2.05, 4.69) is 10.3 Å². The zero-order chi connectivity index (χ0) is 17.8. The molecule has 0 spiro atoms. The Morgan fingerprint density at radius 3 is 2.52 bits per heavy atom. The molecule has 0 aliphatic carbocycles. The molecule has 3 aromatic rings. The van der Waals surface area contributed by atoms with E-state index in [0.717, 1.165) is 27.7 Å². The van der Waals surface area contributed by atoms with E-state index in [0.29, 0.717) is 5.69 Å². The van der Waals surface area contributed by atoms with Gasteiger partial charge in [0, 0.05) is 25.0 Å². The molecule has 0 aliphatic heterocycles. The van der Waals surface area contributed by atoms with Crippen molar-refractivity contribution in [2.75, 3.05) is 31.4 Å². The van der Waals surface area contributed by atoms with Crippen LogP contribution in [0.3, 0.4) is 0 Å². The molecule has 0 atom stereocenters. The quantitative estimate of drug-likeness (QED) is 0.749. The standard InChI is InChI=1S/C19H19N3O2S/c1-22(2)17-7-5-4-6-15(17)20-18(23)16-12-25-19(21-16)13-8-10-14(24-3)11-9-13/h4-12H,1-3H3,(H,20,23). The number of methoxy groups -OCH3 is 1. The van der Waals surface area contributed by atoms with E-state index in [1.807, 2.05) is 67.5 Å². The van der Waals surface area contributed by atoms with Crippen molar-refractivity contribution in [3.63, 3.8) is 0 Å². The van der Waals surface area contributed by atoms with Gasteiger partial charge in [-0.2, -0.15) is 0 Å². The van der Waals surface area contributed by atoms with Crippen LogP contribution in [0, 0.1) is 0 Å². The van der Waals surface area contributed by atoms with Gasteiger partial charge in [-0.1, -0.05) is 12.1 Å². The fourth-order valence-electron chi connectivity index (χ4n) is 2.40. The fraction of sp³-hybridized carbons (Fsp3) is 0.158. The zero-order valence-corrected chi connectivity index (χ0v) is 15.1. The third kappa shape index (κ3) is 3.80. The molecule has 0 saturated carbocycles. The second-order valence-corrected chi connectivity index (χ2v) is 6.49. The van der Waals surface area contributed by atoms with E-state index < -0.39 is 0 Å². The van der Waals surface area contributed by atoms with Crippen LogP contribution in [0.1, 0.15) is 10.5 Å². The molecular weight excluding hydrogens is 334 g/mol. The smallest absolute Gasteiger partial charge is 0.275 e. The lowest BCUT2D eigenvalue weighted by atomic mass is 10.2. The molecule has 25 heavy (non-hydrogen) atoms. The van der Waals surface area contributed by atoms with Crippen LogP contribution in [0.4, 0.5) is 11.4 Å². The minimum atomic E-state index is -0.217. The van der Waals surface area contributed by atoms with Crippen LogP contribution in [0.2, 0.25) is 0 Å². The number of nitrogens with zero attached hydrogens (tertiary/aromatic N) is 2.